The number of carbonyl (C=O) groups excluding carboxylic acids is 2. The van der Waals surface area contributed by atoms with Crippen LogP contribution in [-0.2, 0) is 9.59 Å². The summed E-state index contributed by atoms with van der Waals surface area (Å²) < 4.78 is 0. The Kier molecular flexibility index (Phi) is 2.77. The lowest BCUT2D eigenvalue weighted by atomic mass is 9.51. The van der Waals surface area contributed by atoms with E-state index in [1.165, 1.54) is 16.7 Å². The summed E-state index contributed by atoms with van der Waals surface area (Å²) in [4.78, 5) is 24.3. The van der Waals surface area contributed by atoms with Gasteiger partial charge in [0.15, 0.2) is 5.78 Å². The topological polar surface area (TPSA) is 34.1 Å². The fourth-order valence-corrected chi connectivity index (χ4v) is 5.64. The maximum absolute atomic E-state index is 12.4. The maximum atomic E-state index is 12.4. The lowest BCUT2D eigenvalue weighted by molar-refractivity contribution is -0.127. The van der Waals surface area contributed by atoms with Crippen LogP contribution in [-0.4, -0.2) is 11.6 Å². The highest BCUT2D eigenvalue weighted by atomic mass is 16.1. The van der Waals surface area contributed by atoms with Gasteiger partial charge in [0, 0.05) is 17.3 Å². The van der Waals surface area contributed by atoms with Gasteiger partial charge in [0.1, 0.15) is 5.78 Å². The van der Waals surface area contributed by atoms with Crippen LogP contribution in [0, 0.1) is 22.7 Å². The smallest absolute Gasteiger partial charge is 0.178 e. The van der Waals surface area contributed by atoms with Gasteiger partial charge in [0.05, 0.1) is 0 Å². The van der Waals surface area contributed by atoms with Gasteiger partial charge in [-0.3, -0.25) is 9.59 Å². The zero-order chi connectivity index (χ0) is 15.7. The SMILES string of the molecule is CC1=CC(=O)C=C2CC[C@@H]3C(=CC[C@]4(C)C(=O)CC[C@@H]34)[C@@]12C. The summed E-state index contributed by atoms with van der Waals surface area (Å²) in [6.07, 6.45) is 10.8. The van der Waals surface area contributed by atoms with Gasteiger partial charge in [-0.05, 0) is 63.5 Å². The third-order valence-corrected chi connectivity index (χ3v) is 7.18. The normalized spacial score (nSPS) is 43.7. The fourth-order valence-electron chi connectivity index (χ4n) is 5.64. The molecule has 0 heterocycles. The molecule has 0 spiro atoms. The minimum Gasteiger partial charge on any atom is -0.299 e. The molecular formula is C20H24O2. The van der Waals surface area contributed by atoms with Crippen molar-refractivity contribution in [3.8, 4) is 0 Å². The first-order valence-corrected chi connectivity index (χ1v) is 8.55. The van der Waals surface area contributed by atoms with Crippen LogP contribution >= 0.6 is 0 Å². The van der Waals surface area contributed by atoms with E-state index in [0.29, 0.717) is 17.6 Å². The Bertz CT molecular complexity index is 678. The molecule has 0 bridgehead atoms. The molecule has 116 valence electrons. The molecule has 4 aliphatic carbocycles. The van der Waals surface area contributed by atoms with Crippen LogP contribution in [0.5, 0.6) is 0 Å². The number of hydrogen-bond donors (Lipinski definition) is 0. The number of carbonyl (C=O) groups is 2. The fraction of sp³-hybridized carbons (Fsp3) is 0.600. The van der Waals surface area contributed by atoms with Crippen molar-refractivity contribution >= 4 is 11.6 Å². The molecule has 0 saturated heterocycles. The van der Waals surface area contributed by atoms with Crippen LogP contribution < -0.4 is 0 Å². The summed E-state index contributed by atoms with van der Waals surface area (Å²) in [5, 5.41) is 0. The Hall–Kier alpha value is -1.44. The molecule has 22 heavy (non-hydrogen) atoms. The second-order valence-electron chi connectivity index (χ2n) is 8.02. The average molecular weight is 296 g/mol. The number of ketones is 2. The van der Waals surface area contributed by atoms with Gasteiger partial charge in [0.25, 0.3) is 0 Å². The van der Waals surface area contributed by atoms with E-state index >= 15 is 0 Å². The number of fused-ring (bicyclic) bond motifs is 5. The zero-order valence-corrected chi connectivity index (χ0v) is 13.7. The van der Waals surface area contributed by atoms with Crippen molar-refractivity contribution in [2.75, 3.05) is 0 Å². The predicted molar refractivity (Wildman–Crippen MR) is 86.2 cm³/mol. The van der Waals surface area contributed by atoms with Crippen LogP contribution in [0.15, 0.2) is 34.9 Å². The Morgan fingerprint density at radius 1 is 1.09 bits per heavy atom. The summed E-state index contributed by atoms with van der Waals surface area (Å²) in [6.45, 7) is 6.57. The predicted octanol–water partition coefficient (Wildman–Crippen LogP) is 4.17. The third kappa shape index (κ3) is 1.56. The summed E-state index contributed by atoms with van der Waals surface area (Å²) in [5.74, 6) is 1.62. The lowest BCUT2D eigenvalue weighted by Gasteiger charge is -2.52. The first-order chi connectivity index (χ1) is 10.4. The van der Waals surface area contributed by atoms with Crippen LogP contribution in [0.1, 0.15) is 52.9 Å². The van der Waals surface area contributed by atoms with E-state index in [9.17, 15) is 9.59 Å². The highest BCUT2D eigenvalue weighted by Gasteiger charge is 2.56. The maximum Gasteiger partial charge on any atom is 0.178 e. The molecule has 4 rings (SSSR count). The molecule has 0 aliphatic heterocycles. The van der Waals surface area contributed by atoms with Crippen LogP contribution in [0.25, 0.3) is 0 Å². The first kappa shape index (κ1) is 14.2. The minimum atomic E-state index is -0.131. The van der Waals surface area contributed by atoms with E-state index in [1.807, 2.05) is 6.08 Å². The lowest BCUT2D eigenvalue weighted by Crippen LogP contribution is -2.44. The van der Waals surface area contributed by atoms with Crippen molar-refractivity contribution in [2.24, 2.45) is 22.7 Å². The Balaban J connectivity index is 1.83. The van der Waals surface area contributed by atoms with Gasteiger partial charge in [-0.15, -0.1) is 0 Å². The van der Waals surface area contributed by atoms with Crippen molar-refractivity contribution in [3.05, 3.63) is 34.9 Å². The zero-order valence-electron chi connectivity index (χ0n) is 13.7. The highest BCUT2D eigenvalue weighted by Crippen LogP contribution is 2.62. The average Bonchev–Trinajstić information content (AvgIpc) is 2.77. The summed E-state index contributed by atoms with van der Waals surface area (Å²) >= 11 is 0. The molecule has 0 amide bonds. The molecule has 2 nitrogen and oxygen atoms in total. The summed E-state index contributed by atoms with van der Waals surface area (Å²) in [7, 11) is 0. The Labute approximate surface area is 132 Å². The molecule has 0 aromatic rings. The molecule has 0 aromatic heterocycles. The van der Waals surface area contributed by atoms with Crippen LogP contribution in [0.3, 0.4) is 0 Å². The van der Waals surface area contributed by atoms with Crippen molar-refractivity contribution in [1.29, 1.82) is 0 Å². The molecule has 4 atom stereocenters. The number of hydrogen-bond acceptors (Lipinski definition) is 2. The third-order valence-electron chi connectivity index (χ3n) is 7.18. The Morgan fingerprint density at radius 3 is 2.64 bits per heavy atom. The summed E-state index contributed by atoms with van der Waals surface area (Å²) in [6, 6.07) is 0. The number of allylic oxidation sites excluding steroid dienone is 6. The van der Waals surface area contributed by atoms with Gasteiger partial charge < -0.3 is 0 Å². The van der Waals surface area contributed by atoms with Crippen LogP contribution in [0.2, 0.25) is 0 Å². The van der Waals surface area contributed by atoms with Crippen LogP contribution in [0.4, 0.5) is 0 Å². The van der Waals surface area contributed by atoms with E-state index in [2.05, 4.69) is 26.8 Å². The minimum absolute atomic E-state index is 0.0796. The summed E-state index contributed by atoms with van der Waals surface area (Å²) in [5.41, 5.74) is 3.74. The quantitative estimate of drug-likeness (QED) is 0.629. The van der Waals surface area contributed by atoms with Crippen molar-refractivity contribution in [3.63, 3.8) is 0 Å². The van der Waals surface area contributed by atoms with E-state index < -0.39 is 0 Å². The monoisotopic (exact) mass is 296 g/mol. The van der Waals surface area contributed by atoms with Gasteiger partial charge in [-0.25, -0.2) is 0 Å². The van der Waals surface area contributed by atoms with E-state index in [0.717, 1.165) is 32.1 Å². The number of Topliss-reactive ketones (excluding diaryl/α,β-unsaturated/α-hetero) is 1. The molecule has 0 aromatic carbocycles. The largest absolute Gasteiger partial charge is 0.299 e. The van der Waals surface area contributed by atoms with Crippen molar-refractivity contribution < 1.29 is 9.59 Å². The van der Waals surface area contributed by atoms with E-state index in [-0.39, 0.29) is 16.6 Å². The van der Waals surface area contributed by atoms with E-state index in [1.54, 1.807) is 6.08 Å². The first-order valence-electron chi connectivity index (χ1n) is 8.55. The van der Waals surface area contributed by atoms with Crippen molar-refractivity contribution in [2.45, 2.75) is 52.9 Å². The second kappa shape index (κ2) is 4.31. The molecule has 2 fully saturated rings. The molecule has 0 N–H and O–H groups in total. The molecule has 0 radical (unpaired) electrons. The molecule has 2 heteroatoms. The molecule has 2 saturated carbocycles. The second-order valence-corrected chi connectivity index (χ2v) is 8.02. The Morgan fingerprint density at radius 2 is 1.86 bits per heavy atom. The number of rotatable bonds is 0. The standard InChI is InChI=1S/C20H24O2/c1-12-10-14(21)11-13-4-5-15-16-6-7-18(22)19(16,2)9-8-17(15)20(12,13)3/h8,10-11,15-16H,4-7,9H2,1-3H3/t15-,16-,19-,20-/m0/s1. The highest BCUT2D eigenvalue weighted by molar-refractivity contribution is 6.02. The van der Waals surface area contributed by atoms with Gasteiger partial charge in [-0.1, -0.05) is 29.7 Å². The van der Waals surface area contributed by atoms with Gasteiger partial charge in [-0.2, -0.15) is 0 Å². The van der Waals surface area contributed by atoms with Gasteiger partial charge in [0.2, 0.25) is 0 Å². The molecular weight excluding hydrogens is 272 g/mol. The molecule has 0 unspecified atom stereocenters. The van der Waals surface area contributed by atoms with Gasteiger partial charge >= 0.3 is 0 Å². The van der Waals surface area contributed by atoms with Crippen molar-refractivity contribution in [1.82, 2.24) is 0 Å². The molecule has 4 aliphatic rings. The van der Waals surface area contributed by atoms with E-state index in [4.69, 9.17) is 0 Å².